The Kier molecular flexibility index (Phi) is 60.8. The second-order valence-electron chi connectivity index (χ2n) is 20.9. The van der Waals surface area contributed by atoms with Crippen LogP contribution in [-0.4, -0.2) is 37.2 Å². The summed E-state index contributed by atoms with van der Waals surface area (Å²) in [6, 6.07) is 0. The van der Waals surface area contributed by atoms with E-state index in [0.717, 1.165) is 128 Å². The van der Waals surface area contributed by atoms with Crippen molar-refractivity contribution in [1.29, 1.82) is 0 Å². The van der Waals surface area contributed by atoms with Crippen molar-refractivity contribution in [3.05, 3.63) is 122 Å². The van der Waals surface area contributed by atoms with Crippen LogP contribution in [0.4, 0.5) is 0 Å². The van der Waals surface area contributed by atoms with Crippen molar-refractivity contribution >= 4 is 17.9 Å². The van der Waals surface area contributed by atoms with Gasteiger partial charge < -0.3 is 14.2 Å². The van der Waals surface area contributed by atoms with Crippen molar-refractivity contribution in [2.45, 2.75) is 297 Å². The van der Waals surface area contributed by atoms with E-state index < -0.39 is 6.10 Å². The van der Waals surface area contributed by atoms with E-state index in [1.165, 1.54) is 122 Å². The minimum Gasteiger partial charge on any atom is -0.462 e. The molecule has 0 radical (unpaired) electrons. The molecule has 0 rings (SSSR count). The summed E-state index contributed by atoms with van der Waals surface area (Å²) < 4.78 is 16.8. The molecule has 0 aliphatic heterocycles. The van der Waals surface area contributed by atoms with E-state index in [0.29, 0.717) is 19.3 Å². The third-order valence-electron chi connectivity index (χ3n) is 13.5. The lowest BCUT2D eigenvalue weighted by Crippen LogP contribution is -2.30. The molecule has 0 N–H and O–H groups in total. The van der Waals surface area contributed by atoms with Crippen LogP contribution < -0.4 is 0 Å². The van der Waals surface area contributed by atoms with Crippen LogP contribution in [-0.2, 0) is 28.6 Å². The number of carbonyl (C=O) groups excluding carboxylic acids is 3. The first-order valence-electron chi connectivity index (χ1n) is 32.0. The first kappa shape index (κ1) is 72.8. The van der Waals surface area contributed by atoms with E-state index >= 15 is 0 Å². The molecule has 0 aliphatic carbocycles. The predicted molar refractivity (Wildman–Crippen MR) is 334 cm³/mol. The highest BCUT2D eigenvalue weighted by Crippen LogP contribution is 2.16. The lowest BCUT2D eigenvalue weighted by Gasteiger charge is -2.18. The molecule has 1 unspecified atom stereocenters. The molecule has 0 aliphatic rings. The number of hydrogen-bond donors (Lipinski definition) is 0. The Morgan fingerprint density at radius 1 is 0.273 bits per heavy atom. The minimum absolute atomic E-state index is 0.0813. The van der Waals surface area contributed by atoms with E-state index in [9.17, 15) is 14.4 Å². The van der Waals surface area contributed by atoms with Gasteiger partial charge in [0.1, 0.15) is 13.2 Å². The summed E-state index contributed by atoms with van der Waals surface area (Å²) in [4.78, 5) is 38.0. The molecule has 0 amide bonds. The van der Waals surface area contributed by atoms with E-state index in [4.69, 9.17) is 14.2 Å². The van der Waals surface area contributed by atoms with E-state index in [1.54, 1.807) is 0 Å². The molecule has 0 saturated carbocycles. The molecule has 1 atom stereocenters. The summed E-state index contributed by atoms with van der Waals surface area (Å²) in [5, 5.41) is 0. The molecule has 0 fully saturated rings. The quantitative estimate of drug-likeness (QED) is 0.0261. The summed E-state index contributed by atoms with van der Waals surface area (Å²) in [6.45, 7) is 6.37. The van der Waals surface area contributed by atoms with Gasteiger partial charge in [0.2, 0.25) is 0 Å². The zero-order valence-electron chi connectivity index (χ0n) is 50.2. The summed E-state index contributed by atoms with van der Waals surface area (Å²) >= 11 is 0. The fourth-order valence-corrected chi connectivity index (χ4v) is 8.73. The maximum atomic E-state index is 12.8. The highest BCUT2D eigenvalue weighted by Gasteiger charge is 2.19. The summed E-state index contributed by atoms with van der Waals surface area (Å²) in [5.74, 6) is -0.895. The van der Waals surface area contributed by atoms with Gasteiger partial charge in [-0.1, -0.05) is 284 Å². The highest BCUT2D eigenvalue weighted by molar-refractivity contribution is 5.71. The van der Waals surface area contributed by atoms with Crippen LogP contribution in [0.5, 0.6) is 0 Å². The van der Waals surface area contributed by atoms with E-state index in [-0.39, 0.29) is 31.1 Å². The fraction of sp³-hybridized carbons (Fsp3) is 0.676. The topological polar surface area (TPSA) is 78.9 Å². The Labute approximate surface area is 475 Å². The van der Waals surface area contributed by atoms with Crippen LogP contribution in [0.3, 0.4) is 0 Å². The van der Waals surface area contributed by atoms with Crippen molar-refractivity contribution in [2.24, 2.45) is 0 Å². The van der Waals surface area contributed by atoms with Crippen molar-refractivity contribution in [1.82, 2.24) is 0 Å². The minimum atomic E-state index is -0.782. The van der Waals surface area contributed by atoms with Crippen LogP contribution in [0.25, 0.3) is 0 Å². The number of allylic oxidation sites excluding steroid dienone is 20. The molecule has 0 spiro atoms. The van der Waals surface area contributed by atoms with Crippen molar-refractivity contribution in [2.75, 3.05) is 13.2 Å². The molecular weight excluding hydrogens is 949 g/mol. The maximum absolute atomic E-state index is 12.8. The summed E-state index contributed by atoms with van der Waals surface area (Å²) in [7, 11) is 0. The van der Waals surface area contributed by atoms with Gasteiger partial charge in [-0.05, 0) is 109 Å². The van der Waals surface area contributed by atoms with Gasteiger partial charge in [-0.3, -0.25) is 14.4 Å². The van der Waals surface area contributed by atoms with Crippen LogP contribution in [0.15, 0.2) is 122 Å². The van der Waals surface area contributed by atoms with Gasteiger partial charge in [0.25, 0.3) is 0 Å². The molecule has 0 heterocycles. The van der Waals surface area contributed by atoms with Crippen molar-refractivity contribution in [3.8, 4) is 0 Å². The molecule has 77 heavy (non-hydrogen) atoms. The summed E-state index contributed by atoms with van der Waals surface area (Å²) in [5.41, 5.74) is 0. The fourth-order valence-electron chi connectivity index (χ4n) is 8.73. The molecule has 438 valence electrons. The number of rotatable bonds is 57. The molecule has 0 aromatic carbocycles. The van der Waals surface area contributed by atoms with Gasteiger partial charge in [0.15, 0.2) is 6.10 Å². The number of esters is 3. The molecule has 0 saturated heterocycles. The first-order chi connectivity index (χ1) is 38.0. The molecule has 6 heteroatoms. The van der Waals surface area contributed by atoms with Crippen LogP contribution in [0.1, 0.15) is 290 Å². The lowest BCUT2D eigenvalue weighted by atomic mass is 10.0. The standard InChI is InChI=1S/C71H118O6/c1-4-7-10-13-16-18-20-22-24-26-27-28-29-30-31-32-33-34-35-36-37-38-39-40-41-42-43-45-46-48-50-52-55-58-61-64-70(73)76-67-68(66-75-69(72)63-60-57-54-15-12-9-6-3)77-71(74)65-62-59-56-53-51-49-47-44-25-23-21-19-17-14-11-8-5-2/h7-8,10-11,16-19,22-25,27-28,30-31,33-34,36-37,68H,4-6,9,12-15,20-21,26,29,32,35,38-67H2,1-3H3/b10-7-,11-8-,18-16-,19-17-,24-22-,25-23-,28-27-,31-30-,34-33-,37-36-. The second kappa shape index (κ2) is 64.3. The maximum Gasteiger partial charge on any atom is 0.306 e. The van der Waals surface area contributed by atoms with E-state index in [2.05, 4.69) is 142 Å². The smallest absolute Gasteiger partial charge is 0.306 e. The van der Waals surface area contributed by atoms with Gasteiger partial charge in [-0.15, -0.1) is 0 Å². The van der Waals surface area contributed by atoms with Crippen molar-refractivity contribution < 1.29 is 28.6 Å². The van der Waals surface area contributed by atoms with Crippen LogP contribution >= 0.6 is 0 Å². The SMILES string of the molecule is CC/C=C\C/C=C\C/C=C\C/C=C\C/C=C\C/C=C\C/C=C\CCCCCCCCCCCCCCCC(=O)OCC(COC(=O)CCCCCCCCC)OC(=O)CCCCCCCCC/C=C\C/C=C\C/C=C\CC. The Bertz CT molecular complexity index is 1600. The number of carbonyl (C=O) groups is 3. The Morgan fingerprint density at radius 3 is 0.792 bits per heavy atom. The van der Waals surface area contributed by atoms with Gasteiger partial charge >= 0.3 is 17.9 Å². The zero-order chi connectivity index (χ0) is 55.7. The monoisotopic (exact) mass is 1070 g/mol. The number of ether oxygens (including phenoxy) is 3. The lowest BCUT2D eigenvalue weighted by molar-refractivity contribution is -0.167. The number of hydrogen-bond acceptors (Lipinski definition) is 6. The Balaban J connectivity index is 4.07. The third-order valence-corrected chi connectivity index (χ3v) is 13.5. The Morgan fingerprint density at radius 2 is 0.506 bits per heavy atom. The highest BCUT2D eigenvalue weighted by atomic mass is 16.6. The molecule has 0 bridgehead atoms. The molecule has 0 aromatic rings. The van der Waals surface area contributed by atoms with E-state index in [1.807, 2.05) is 0 Å². The predicted octanol–water partition coefficient (Wildman–Crippen LogP) is 22.0. The van der Waals surface area contributed by atoms with Gasteiger partial charge in [-0.25, -0.2) is 0 Å². The summed E-state index contributed by atoms with van der Waals surface area (Å²) in [6.07, 6.45) is 89.5. The van der Waals surface area contributed by atoms with Crippen LogP contribution in [0, 0.1) is 0 Å². The van der Waals surface area contributed by atoms with Gasteiger partial charge in [0.05, 0.1) is 0 Å². The second-order valence-corrected chi connectivity index (χ2v) is 20.9. The zero-order valence-corrected chi connectivity index (χ0v) is 50.2. The first-order valence-corrected chi connectivity index (χ1v) is 32.0. The molecule has 0 aromatic heterocycles. The van der Waals surface area contributed by atoms with Crippen LogP contribution in [0.2, 0.25) is 0 Å². The van der Waals surface area contributed by atoms with Gasteiger partial charge in [0, 0.05) is 19.3 Å². The van der Waals surface area contributed by atoms with Gasteiger partial charge in [-0.2, -0.15) is 0 Å². The molecule has 6 nitrogen and oxygen atoms in total. The average molecular weight is 1070 g/mol. The largest absolute Gasteiger partial charge is 0.462 e. The normalized spacial score (nSPS) is 12.9. The van der Waals surface area contributed by atoms with Crippen molar-refractivity contribution in [3.63, 3.8) is 0 Å². The molecular formula is C71H118O6. The average Bonchev–Trinajstić information content (AvgIpc) is 3.43. The number of unbranched alkanes of at least 4 members (excludes halogenated alkanes) is 26. The Hall–Kier alpha value is -4.19. The third kappa shape index (κ3) is 62.5.